The molecule has 0 unspecified atom stereocenters. The second kappa shape index (κ2) is 5.84. The predicted molar refractivity (Wildman–Crippen MR) is 75.9 cm³/mol. The van der Waals surface area contributed by atoms with Crippen LogP contribution in [0.2, 0.25) is 0 Å². The van der Waals surface area contributed by atoms with Crippen LogP contribution in [0.15, 0.2) is 46.9 Å². The van der Waals surface area contributed by atoms with Crippen LogP contribution in [0.3, 0.4) is 0 Å². The van der Waals surface area contributed by atoms with E-state index in [2.05, 4.69) is 15.9 Å². The number of halogens is 2. The van der Waals surface area contributed by atoms with Crippen molar-refractivity contribution >= 4 is 21.8 Å². The molecular weight excluding hydrogens is 311 g/mol. The van der Waals surface area contributed by atoms with E-state index in [4.69, 9.17) is 15.9 Å². The van der Waals surface area contributed by atoms with E-state index in [0.29, 0.717) is 12.4 Å². The van der Waals surface area contributed by atoms with Gasteiger partial charge in [-0.15, -0.1) is 0 Å². The van der Waals surface area contributed by atoms with Gasteiger partial charge in [0.2, 0.25) is 0 Å². The SMILES string of the molecule is N=C(N)c1cc(F)ccc1OCc1ccc(Br)cc1. The zero-order chi connectivity index (χ0) is 13.8. The summed E-state index contributed by atoms with van der Waals surface area (Å²) in [6.45, 7) is 0.333. The molecular formula is C14H12BrFN2O. The Kier molecular flexibility index (Phi) is 4.16. The number of hydrogen-bond acceptors (Lipinski definition) is 2. The van der Waals surface area contributed by atoms with Crippen LogP contribution >= 0.6 is 15.9 Å². The van der Waals surface area contributed by atoms with Crippen molar-refractivity contribution in [2.24, 2.45) is 5.73 Å². The third-order valence-corrected chi connectivity index (χ3v) is 3.07. The number of ether oxygens (including phenoxy) is 1. The van der Waals surface area contributed by atoms with E-state index >= 15 is 0 Å². The van der Waals surface area contributed by atoms with Crippen LogP contribution in [0.25, 0.3) is 0 Å². The average molecular weight is 323 g/mol. The lowest BCUT2D eigenvalue weighted by Crippen LogP contribution is -2.13. The van der Waals surface area contributed by atoms with Gasteiger partial charge >= 0.3 is 0 Å². The van der Waals surface area contributed by atoms with Crippen LogP contribution in [0.4, 0.5) is 4.39 Å². The maximum absolute atomic E-state index is 13.1. The summed E-state index contributed by atoms with van der Waals surface area (Å²) < 4.78 is 19.7. The van der Waals surface area contributed by atoms with Crippen molar-refractivity contribution in [1.29, 1.82) is 5.41 Å². The molecule has 19 heavy (non-hydrogen) atoms. The highest BCUT2D eigenvalue weighted by atomic mass is 79.9. The molecule has 5 heteroatoms. The molecule has 3 nitrogen and oxygen atoms in total. The lowest BCUT2D eigenvalue weighted by molar-refractivity contribution is 0.305. The van der Waals surface area contributed by atoms with Crippen LogP contribution in [0, 0.1) is 11.2 Å². The maximum atomic E-state index is 13.1. The molecule has 2 aromatic carbocycles. The summed E-state index contributed by atoms with van der Waals surface area (Å²) in [5.74, 6) is -0.261. The van der Waals surface area contributed by atoms with Gasteiger partial charge in [-0.2, -0.15) is 0 Å². The molecule has 0 spiro atoms. The Morgan fingerprint density at radius 2 is 1.89 bits per heavy atom. The van der Waals surface area contributed by atoms with Gasteiger partial charge in [0.05, 0.1) is 5.56 Å². The van der Waals surface area contributed by atoms with Crippen molar-refractivity contribution < 1.29 is 9.13 Å². The molecule has 0 aliphatic carbocycles. The Morgan fingerprint density at radius 1 is 1.21 bits per heavy atom. The first-order valence-electron chi connectivity index (χ1n) is 5.57. The van der Waals surface area contributed by atoms with Gasteiger partial charge in [0.1, 0.15) is 24.0 Å². The number of nitrogens with two attached hydrogens (primary N) is 1. The van der Waals surface area contributed by atoms with E-state index in [9.17, 15) is 4.39 Å². The third-order valence-electron chi connectivity index (χ3n) is 2.54. The molecule has 0 aliphatic rings. The molecule has 2 rings (SSSR count). The van der Waals surface area contributed by atoms with E-state index in [1.807, 2.05) is 24.3 Å². The lowest BCUT2D eigenvalue weighted by atomic mass is 10.1. The van der Waals surface area contributed by atoms with Gasteiger partial charge in [-0.05, 0) is 35.9 Å². The Hall–Kier alpha value is -1.88. The summed E-state index contributed by atoms with van der Waals surface area (Å²) in [7, 11) is 0. The number of amidine groups is 1. The molecule has 0 fully saturated rings. The minimum Gasteiger partial charge on any atom is -0.488 e. The molecule has 0 radical (unpaired) electrons. The van der Waals surface area contributed by atoms with Gasteiger partial charge in [-0.1, -0.05) is 28.1 Å². The van der Waals surface area contributed by atoms with Crippen LogP contribution in [0.1, 0.15) is 11.1 Å². The fourth-order valence-corrected chi connectivity index (χ4v) is 1.84. The van der Waals surface area contributed by atoms with Gasteiger partial charge in [-0.3, -0.25) is 5.41 Å². The minimum absolute atomic E-state index is 0.217. The molecule has 3 N–H and O–H groups in total. The average Bonchev–Trinajstić information content (AvgIpc) is 2.39. The zero-order valence-electron chi connectivity index (χ0n) is 9.99. The quantitative estimate of drug-likeness (QED) is 0.669. The third kappa shape index (κ3) is 3.54. The molecule has 0 heterocycles. The standard InChI is InChI=1S/C14H12BrFN2O/c15-10-3-1-9(2-4-10)8-19-13-6-5-11(16)7-12(13)14(17)18/h1-7H,8H2,(H3,17,18). The van der Waals surface area contributed by atoms with E-state index in [0.717, 1.165) is 10.0 Å². The topological polar surface area (TPSA) is 59.1 Å². The highest BCUT2D eigenvalue weighted by Crippen LogP contribution is 2.21. The van der Waals surface area contributed by atoms with Crippen molar-refractivity contribution in [2.45, 2.75) is 6.61 Å². The first-order valence-corrected chi connectivity index (χ1v) is 6.37. The highest BCUT2D eigenvalue weighted by Gasteiger charge is 2.08. The second-order valence-electron chi connectivity index (χ2n) is 3.97. The van der Waals surface area contributed by atoms with Gasteiger partial charge in [0.25, 0.3) is 0 Å². The Labute approximate surface area is 118 Å². The molecule has 0 aromatic heterocycles. The van der Waals surface area contributed by atoms with Crippen LogP contribution in [-0.2, 0) is 6.61 Å². The molecule has 0 saturated heterocycles. The number of hydrogen-bond donors (Lipinski definition) is 2. The van der Waals surface area contributed by atoms with Crippen LogP contribution in [-0.4, -0.2) is 5.84 Å². The molecule has 0 aliphatic heterocycles. The van der Waals surface area contributed by atoms with E-state index < -0.39 is 5.82 Å². The second-order valence-corrected chi connectivity index (χ2v) is 4.88. The molecule has 0 amide bonds. The van der Waals surface area contributed by atoms with Gasteiger partial charge < -0.3 is 10.5 Å². The molecule has 98 valence electrons. The van der Waals surface area contributed by atoms with E-state index in [1.165, 1.54) is 18.2 Å². The van der Waals surface area contributed by atoms with Crippen molar-refractivity contribution in [3.63, 3.8) is 0 Å². The Bertz CT molecular complexity index is 599. The number of rotatable bonds is 4. The summed E-state index contributed by atoms with van der Waals surface area (Å²) in [5.41, 5.74) is 6.64. The van der Waals surface area contributed by atoms with Gasteiger partial charge in [0.15, 0.2) is 0 Å². The van der Waals surface area contributed by atoms with Gasteiger partial charge in [0, 0.05) is 4.47 Å². The Morgan fingerprint density at radius 3 is 2.53 bits per heavy atom. The Balaban J connectivity index is 2.15. The number of nitrogens with one attached hydrogen (secondary N) is 1. The van der Waals surface area contributed by atoms with Crippen molar-refractivity contribution in [1.82, 2.24) is 0 Å². The fraction of sp³-hybridized carbons (Fsp3) is 0.0714. The molecule has 0 saturated carbocycles. The predicted octanol–water partition coefficient (Wildman–Crippen LogP) is 3.45. The normalized spacial score (nSPS) is 10.2. The van der Waals surface area contributed by atoms with Crippen molar-refractivity contribution in [3.05, 3.63) is 63.9 Å². The van der Waals surface area contributed by atoms with Crippen LogP contribution < -0.4 is 10.5 Å². The zero-order valence-corrected chi connectivity index (χ0v) is 11.6. The first-order chi connectivity index (χ1) is 9.06. The molecule has 0 atom stereocenters. The molecule has 2 aromatic rings. The van der Waals surface area contributed by atoms with Gasteiger partial charge in [-0.25, -0.2) is 4.39 Å². The maximum Gasteiger partial charge on any atom is 0.130 e. The first kappa shape index (κ1) is 13.5. The summed E-state index contributed by atoms with van der Waals surface area (Å²) in [5, 5.41) is 7.41. The summed E-state index contributed by atoms with van der Waals surface area (Å²) in [6.07, 6.45) is 0. The number of benzene rings is 2. The highest BCUT2D eigenvalue weighted by molar-refractivity contribution is 9.10. The lowest BCUT2D eigenvalue weighted by Gasteiger charge is -2.10. The van der Waals surface area contributed by atoms with Crippen molar-refractivity contribution in [3.8, 4) is 5.75 Å². The molecule has 0 bridgehead atoms. The fourth-order valence-electron chi connectivity index (χ4n) is 1.58. The van der Waals surface area contributed by atoms with E-state index in [1.54, 1.807) is 0 Å². The largest absolute Gasteiger partial charge is 0.488 e. The smallest absolute Gasteiger partial charge is 0.130 e. The monoisotopic (exact) mass is 322 g/mol. The summed E-state index contributed by atoms with van der Waals surface area (Å²) >= 11 is 3.35. The van der Waals surface area contributed by atoms with E-state index in [-0.39, 0.29) is 11.4 Å². The minimum atomic E-state index is -0.443. The number of nitrogen functional groups attached to an aromatic ring is 1. The van der Waals surface area contributed by atoms with Crippen LogP contribution in [0.5, 0.6) is 5.75 Å². The van der Waals surface area contributed by atoms with Crippen molar-refractivity contribution in [2.75, 3.05) is 0 Å². The summed E-state index contributed by atoms with van der Waals surface area (Å²) in [6, 6.07) is 11.6. The summed E-state index contributed by atoms with van der Waals surface area (Å²) in [4.78, 5) is 0.